The second-order valence-electron chi connectivity index (χ2n) is 9.49. The number of carbonyl (C=O) groups is 1. The second-order valence-corrected chi connectivity index (χ2v) is 9.49. The van der Waals surface area contributed by atoms with Crippen LogP contribution < -0.4 is 10.1 Å². The Morgan fingerprint density at radius 3 is 2.44 bits per heavy atom. The van der Waals surface area contributed by atoms with Crippen LogP contribution in [0.4, 0.5) is 14.9 Å². The predicted octanol–water partition coefficient (Wildman–Crippen LogP) is 4.96. The number of urea groups is 1. The third-order valence-electron chi connectivity index (χ3n) is 7.48. The number of carbonyl (C=O) groups excluding carboxylic acids is 1. The molecule has 6 nitrogen and oxygen atoms in total. The van der Waals surface area contributed by atoms with E-state index in [9.17, 15) is 14.3 Å². The van der Waals surface area contributed by atoms with Crippen molar-refractivity contribution in [1.82, 2.24) is 9.80 Å². The van der Waals surface area contributed by atoms with Crippen LogP contribution in [-0.4, -0.2) is 66.4 Å². The topological polar surface area (TPSA) is 65.0 Å². The summed E-state index contributed by atoms with van der Waals surface area (Å²) in [6.45, 7) is 2.25. The molecule has 2 amide bonds. The number of anilines is 1. The zero-order valence-corrected chi connectivity index (χ0v) is 20.4. The molecule has 7 heteroatoms. The molecule has 0 radical (unpaired) electrons. The van der Waals surface area contributed by atoms with Gasteiger partial charge in [0.25, 0.3) is 0 Å². The van der Waals surface area contributed by atoms with E-state index in [1.165, 1.54) is 6.07 Å². The molecule has 0 spiro atoms. The summed E-state index contributed by atoms with van der Waals surface area (Å²) in [5.74, 6) is 0.592. The number of rotatable bonds is 5. The van der Waals surface area contributed by atoms with Crippen molar-refractivity contribution in [3.8, 4) is 16.9 Å². The van der Waals surface area contributed by atoms with Gasteiger partial charge in [0, 0.05) is 42.3 Å². The lowest BCUT2D eigenvalue weighted by Crippen LogP contribution is -2.68. The number of hydrogen-bond donors (Lipinski definition) is 2. The Balaban J connectivity index is 1.33. The minimum atomic E-state index is -0.244. The van der Waals surface area contributed by atoms with Gasteiger partial charge in [-0.2, -0.15) is 0 Å². The molecule has 0 saturated carbocycles. The molecule has 188 valence electrons. The minimum Gasteiger partial charge on any atom is -0.497 e. The first-order chi connectivity index (χ1) is 17.6. The number of hydrogen-bond acceptors (Lipinski definition) is 4. The van der Waals surface area contributed by atoms with E-state index in [2.05, 4.69) is 10.2 Å². The van der Waals surface area contributed by atoms with Crippen LogP contribution >= 0.6 is 0 Å². The molecule has 0 unspecified atom stereocenters. The largest absolute Gasteiger partial charge is 0.497 e. The van der Waals surface area contributed by atoms with Gasteiger partial charge in [0.1, 0.15) is 11.6 Å². The van der Waals surface area contributed by atoms with Gasteiger partial charge in [-0.05, 0) is 60.8 Å². The van der Waals surface area contributed by atoms with E-state index in [1.807, 2.05) is 59.5 Å². The fourth-order valence-corrected chi connectivity index (χ4v) is 5.58. The molecule has 0 aromatic heterocycles. The van der Waals surface area contributed by atoms with E-state index in [0.29, 0.717) is 18.7 Å². The number of amides is 2. The van der Waals surface area contributed by atoms with Crippen LogP contribution in [0, 0.1) is 5.82 Å². The van der Waals surface area contributed by atoms with E-state index in [0.717, 1.165) is 42.0 Å². The van der Waals surface area contributed by atoms with Crippen LogP contribution in [0.2, 0.25) is 0 Å². The number of benzene rings is 3. The van der Waals surface area contributed by atoms with Crippen LogP contribution in [0.3, 0.4) is 0 Å². The van der Waals surface area contributed by atoms with Crippen molar-refractivity contribution < 1.29 is 19.0 Å². The highest BCUT2D eigenvalue weighted by molar-refractivity contribution is 5.89. The molecule has 2 fully saturated rings. The molecule has 36 heavy (non-hydrogen) atoms. The Hall–Kier alpha value is -3.42. The fourth-order valence-electron chi connectivity index (χ4n) is 5.58. The van der Waals surface area contributed by atoms with E-state index in [-0.39, 0.29) is 36.5 Å². The molecule has 3 aromatic rings. The number of halogens is 1. The van der Waals surface area contributed by atoms with E-state index in [1.54, 1.807) is 19.2 Å². The van der Waals surface area contributed by atoms with Gasteiger partial charge in [-0.1, -0.05) is 42.5 Å². The molecule has 2 saturated heterocycles. The predicted molar refractivity (Wildman–Crippen MR) is 139 cm³/mol. The van der Waals surface area contributed by atoms with E-state index in [4.69, 9.17) is 4.74 Å². The Kier molecular flexibility index (Phi) is 7.20. The van der Waals surface area contributed by atoms with Crippen molar-refractivity contribution >= 4 is 11.7 Å². The highest BCUT2D eigenvalue weighted by Crippen LogP contribution is 2.42. The maximum Gasteiger partial charge on any atom is 0.321 e. The zero-order chi connectivity index (χ0) is 25.1. The van der Waals surface area contributed by atoms with Gasteiger partial charge in [-0.25, -0.2) is 9.18 Å². The molecule has 3 aromatic carbocycles. The van der Waals surface area contributed by atoms with Crippen molar-refractivity contribution in [2.24, 2.45) is 0 Å². The number of aliphatic hydroxyl groups is 1. The average molecular weight is 490 g/mol. The van der Waals surface area contributed by atoms with Crippen LogP contribution in [0.1, 0.15) is 24.3 Å². The lowest BCUT2D eigenvalue weighted by atomic mass is 9.74. The number of nitrogens with zero attached hydrogens (tertiary/aromatic N) is 2. The summed E-state index contributed by atoms with van der Waals surface area (Å²) >= 11 is 0. The van der Waals surface area contributed by atoms with Crippen molar-refractivity contribution in [1.29, 1.82) is 0 Å². The summed E-state index contributed by atoms with van der Waals surface area (Å²) in [7, 11) is 1.61. The van der Waals surface area contributed by atoms with Gasteiger partial charge in [0.05, 0.1) is 13.7 Å². The van der Waals surface area contributed by atoms with Crippen molar-refractivity contribution in [3.05, 3.63) is 84.2 Å². The number of ether oxygens (including phenoxy) is 1. The van der Waals surface area contributed by atoms with Crippen LogP contribution in [0.15, 0.2) is 72.8 Å². The second kappa shape index (κ2) is 10.7. The summed E-state index contributed by atoms with van der Waals surface area (Å²) in [5.41, 5.74) is 3.23. The van der Waals surface area contributed by atoms with Gasteiger partial charge < -0.3 is 20.1 Å². The number of nitrogens with one attached hydrogen (secondary N) is 1. The minimum absolute atomic E-state index is 0.0129. The van der Waals surface area contributed by atoms with Gasteiger partial charge >= 0.3 is 6.03 Å². The molecular formula is C29H32FN3O3. The van der Waals surface area contributed by atoms with Crippen LogP contribution in [0.5, 0.6) is 5.75 Å². The van der Waals surface area contributed by atoms with Gasteiger partial charge in [-0.15, -0.1) is 0 Å². The van der Waals surface area contributed by atoms with E-state index < -0.39 is 0 Å². The number of fused-ring (bicyclic) bond motifs is 1. The number of aliphatic hydroxyl groups excluding tert-OH is 1. The molecule has 2 heterocycles. The van der Waals surface area contributed by atoms with Crippen molar-refractivity contribution in [2.45, 2.75) is 30.8 Å². The third kappa shape index (κ3) is 4.81. The highest BCUT2D eigenvalue weighted by atomic mass is 19.1. The molecular weight excluding hydrogens is 457 g/mol. The van der Waals surface area contributed by atoms with E-state index >= 15 is 0 Å². The SMILES string of the molecule is COc1ccc(NC(=O)N2CCCCN3[C@H](CO)[C@@H](c4ccc(-c5ccccc5F)cc4)[C@@H]3C2)cc1. The lowest BCUT2D eigenvalue weighted by molar-refractivity contribution is -0.0585. The zero-order valence-electron chi connectivity index (χ0n) is 20.4. The highest BCUT2D eigenvalue weighted by Gasteiger charge is 2.49. The van der Waals surface area contributed by atoms with Crippen molar-refractivity contribution in [3.63, 3.8) is 0 Å². The van der Waals surface area contributed by atoms with Crippen molar-refractivity contribution in [2.75, 3.05) is 38.7 Å². The molecule has 2 aliphatic heterocycles. The summed E-state index contributed by atoms with van der Waals surface area (Å²) in [6, 6.07) is 22.0. The molecule has 5 rings (SSSR count). The molecule has 0 aliphatic carbocycles. The monoisotopic (exact) mass is 489 g/mol. The fraction of sp³-hybridized carbons (Fsp3) is 0.345. The van der Waals surface area contributed by atoms with Crippen LogP contribution in [0.25, 0.3) is 11.1 Å². The maximum absolute atomic E-state index is 14.3. The van der Waals surface area contributed by atoms with Gasteiger partial charge in [0.2, 0.25) is 0 Å². The summed E-state index contributed by atoms with van der Waals surface area (Å²) in [5, 5.41) is 13.2. The standard InChI is InChI=1S/C29H32FN3O3/c1-36-23-14-12-22(13-15-23)31-29(35)32-16-4-5-17-33-26(18-32)28(27(33)19-34)21-10-8-20(9-11-21)24-6-2-3-7-25(24)30/h2-3,6-15,26-28,34H,4-5,16-19H2,1H3,(H,31,35)/t26-,27+,28-/m0/s1. The van der Waals surface area contributed by atoms with Crippen LogP contribution in [-0.2, 0) is 0 Å². The number of methoxy groups -OCH3 is 1. The van der Waals surface area contributed by atoms with Gasteiger partial charge in [-0.3, -0.25) is 4.90 Å². The van der Waals surface area contributed by atoms with Gasteiger partial charge in [0.15, 0.2) is 0 Å². The Morgan fingerprint density at radius 2 is 1.75 bits per heavy atom. The molecule has 3 atom stereocenters. The maximum atomic E-state index is 14.3. The smallest absolute Gasteiger partial charge is 0.321 e. The summed E-state index contributed by atoms with van der Waals surface area (Å²) in [6.07, 6.45) is 1.89. The molecule has 2 aliphatic rings. The Bertz CT molecular complexity index is 1190. The average Bonchev–Trinajstić information content (AvgIpc) is 2.89. The quantitative estimate of drug-likeness (QED) is 0.532. The first kappa shape index (κ1) is 24.3. The normalized spacial score (nSPS) is 22.1. The summed E-state index contributed by atoms with van der Waals surface area (Å²) in [4.78, 5) is 17.4. The molecule has 2 N–H and O–H groups in total. The Labute approximate surface area is 211 Å². The first-order valence-corrected chi connectivity index (χ1v) is 12.5. The first-order valence-electron chi connectivity index (χ1n) is 12.5. The lowest BCUT2D eigenvalue weighted by Gasteiger charge is -2.57. The summed E-state index contributed by atoms with van der Waals surface area (Å²) < 4.78 is 19.5. The third-order valence-corrected chi connectivity index (χ3v) is 7.48. The Morgan fingerprint density at radius 1 is 1.03 bits per heavy atom. The molecule has 0 bridgehead atoms.